The Morgan fingerprint density at radius 2 is 2.18 bits per heavy atom. The molecular weight excluding hydrogens is 216 g/mol. The van der Waals surface area contributed by atoms with Gasteiger partial charge in [-0.25, -0.2) is 9.72 Å². The Morgan fingerprint density at radius 3 is 2.88 bits per heavy atom. The van der Waals surface area contributed by atoms with Gasteiger partial charge in [0.25, 0.3) is 0 Å². The first-order chi connectivity index (χ1) is 8.36. The summed E-state index contributed by atoms with van der Waals surface area (Å²) < 4.78 is 6.42. The van der Waals surface area contributed by atoms with Crippen LogP contribution < -0.4 is 4.74 Å². The first kappa shape index (κ1) is 11.9. The van der Waals surface area contributed by atoms with Crippen molar-refractivity contribution in [2.45, 2.75) is 38.1 Å². The van der Waals surface area contributed by atoms with Gasteiger partial charge in [-0.15, -0.1) is 0 Å². The summed E-state index contributed by atoms with van der Waals surface area (Å²) in [6.07, 6.45) is 8.84. The predicted octanol–water partition coefficient (Wildman–Crippen LogP) is 2.37. The Labute approximate surface area is 102 Å². The number of rotatable bonds is 4. The molecule has 1 aromatic heterocycles. The van der Waals surface area contributed by atoms with Crippen LogP contribution in [0.3, 0.4) is 0 Å². The largest absolute Gasteiger partial charge is 0.624 e. The topological polar surface area (TPSA) is 48.2 Å². The summed E-state index contributed by atoms with van der Waals surface area (Å²) in [5.41, 5.74) is 0. The van der Waals surface area contributed by atoms with Crippen LogP contribution in [0.2, 0.25) is 0 Å². The quantitative estimate of drug-likeness (QED) is 0.348. The minimum Gasteiger partial charge on any atom is -0.624 e. The summed E-state index contributed by atoms with van der Waals surface area (Å²) in [6.45, 7) is 0.289. The Bertz CT molecular complexity index is 359. The predicted molar refractivity (Wildman–Crippen MR) is 66.3 cm³/mol. The van der Waals surface area contributed by atoms with Gasteiger partial charge in [-0.2, -0.15) is 0 Å². The first-order valence-electron chi connectivity index (χ1n) is 6.19. The van der Waals surface area contributed by atoms with Crippen LogP contribution in [0, 0.1) is 5.21 Å². The SMILES string of the molecule is [O-]/[N+](=C\COc1ccccn1)C1CCCCC1. The zero-order chi connectivity index (χ0) is 11.9. The Balaban J connectivity index is 1.79. The number of ether oxygens (including phenoxy) is 1. The van der Waals surface area contributed by atoms with Gasteiger partial charge < -0.3 is 9.94 Å². The molecule has 1 aromatic rings. The lowest BCUT2D eigenvalue weighted by atomic mass is 9.96. The van der Waals surface area contributed by atoms with E-state index in [-0.39, 0.29) is 12.6 Å². The molecule has 17 heavy (non-hydrogen) atoms. The van der Waals surface area contributed by atoms with E-state index in [0.29, 0.717) is 5.88 Å². The highest BCUT2D eigenvalue weighted by molar-refractivity contribution is 5.53. The molecule has 2 rings (SSSR count). The van der Waals surface area contributed by atoms with Crippen LogP contribution in [0.25, 0.3) is 0 Å². The van der Waals surface area contributed by atoms with Gasteiger partial charge in [-0.3, -0.25) is 0 Å². The Kier molecular flexibility index (Phi) is 4.36. The molecule has 0 unspecified atom stereocenters. The zero-order valence-electron chi connectivity index (χ0n) is 9.92. The van der Waals surface area contributed by atoms with Gasteiger partial charge in [0.2, 0.25) is 5.88 Å². The fourth-order valence-corrected chi connectivity index (χ4v) is 2.11. The summed E-state index contributed by atoms with van der Waals surface area (Å²) in [4.78, 5) is 4.03. The van der Waals surface area contributed by atoms with E-state index in [1.165, 1.54) is 19.3 Å². The summed E-state index contributed by atoms with van der Waals surface area (Å²) >= 11 is 0. The van der Waals surface area contributed by atoms with Crippen molar-refractivity contribution in [2.75, 3.05) is 6.61 Å². The molecule has 1 fully saturated rings. The van der Waals surface area contributed by atoms with E-state index in [1.807, 2.05) is 12.1 Å². The third-order valence-corrected chi connectivity index (χ3v) is 3.06. The molecule has 0 saturated heterocycles. The maximum Gasteiger partial charge on any atom is 0.213 e. The highest BCUT2D eigenvalue weighted by atomic mass is 16.5. The van der Waals surface area contributed by atoms with Crippen LogP contribution in [-0.4, -0.2) is 28.6 Å². The molecule has 4 heteroatoms. The third kappa shape index (κ3) is 3.73. The lowest BCUT2D eigenvalue weighted by molar-refractivity contribution is -0.502. The summed E-state index contributed by atoms with van der Waals surface area (Å²) in [5, 5.41) is 11.7. The number of pyridine rings is 1. The molecule has 92 valence electrons. The van der Waals surface area contributed by atoms with Crippen LogP contribution in [0.5, 0.6) is 5.88 Å². The van der Waals surface area contributed by atoms with Gasteiger partial charge in [-0.05, 0) is 18.9 Å². The standard InChI is InChI=1S/C13H18N2O2/c16-15(12-6-2-1-3-7-12)10-11-17-13-8-4-5-9-14-13/h4-5,8-10,12H,1-3,6-7,11H2/b15-10-. The van der Waals surface area contributed by atoms with Crippen LogP contribution in [0.4, 0.5) is 0 Å². The molecule has 0 N–H and O–H groups in total. The Morgan fingerprint density at radius 1 is 1.35 bits per heavy atom. The molecule has 0 radical (unpaired) electrons. The maximum atomic E-state index is 11.7. The number of aromatic nitrogens is 1. The number of hydrogen-bond donors (Lipinski definition) is 0. The van der Waals surface area contributed by atoms with E-state index in [9.17, 15) is 5.21 Å². The van der Waals surface area contributed by atoms with Crippen LogP contribution >= 0.6 is 0 Å². The van der Waals surface area contributed by atoms with E-state index in [0.717, 1.165) is 17.6 Å². The second-order valence-electron chi connectivity index (χ2n) is 4.31. The maximum absolute atomic E-state index is 11.7. The average molecular weight is 234 g/mol. The highest BCUT2D eigenvalue weighted by Gasteiger charge is 2.19. The average Bonchev–Trinajstić information content (AvgIpc) is 2.41. The molecule has 4 nitrogen and oxygen atoms in total. The molecule has 0 aliphatic heterocycles. The molecular formula is C13H18N2O2. The van der Waals surface area contributed by atoms with Crippen molar-refractivity contribution >= 4 is 6.21 Å². The molecule has 0 aromatic carbocycles. The van der Waals surface area contributed by atoms with Crippen molar-refractivity contribution in [3.8, 4) is 5.88 Å². The normalized spacial score (nSPS) is 18.0. The number of hydroxylamine groups is 1. The molecule has 1 saturated carbocycles. The van der Waals surface area contributed by atoms with Gasteiger partial charge in [0.15, 0.2) is 18.9 Å². The van der Waals surface area contributed by atoms with E-state index in [1.54, 1.807) is 18.5 Å². The minimum absolute atomic E-state index is 0.149. The molecule has 0 atom stereocenters. The molecule has 0 amide bonds. The number of nitrogens with zero attached hydrogens (tertiary/aromatic N) is 2. The molecule has 1 aliphatic rings. The minimum atomic E-state index is 0.149. The lowest BCUT2D eigenvalue weighted by Crippen LogP contribution is -2.26. The monoisotopic (exact) mass is 234 g/mol. The molecule has 0 bridgehead atoms. The van der Waals surface area contributed by atoms with Gasteiger partial charge in [0.1, 0.15) is 0 Å². The third-order valence-electron chi connectivity index (χ3n) is 3.06. The van der Waals surface area contributed by atoms with Crippen LogP contribution in [-0.2, 0) is 0 Å². The summed E-state index contributed by atoms with van der Waals surface area (Å²) in [6, 6.07) is 5.62. The van der Waals surface area contributed by atoms with Gasteiger partial charge in [0, 0.05) is 25.1 Å². The molecule has 1 aliphatic carbocycles. The smallest absolute Gasteiger partial charge is 0.213 e. The second kappa shape index (κ2) is 6.23. The van der Waals surface area contributed by atoms with Gasteiger partial charge in [0.05, 0.1) is 0 Å². The van der Waals surface area contributed by atoms with Crippen molar-refractivity contribution in [1.82, 2.24) is 4.98 Å². The van der Waals surface area contributed by atoms with Crippen molar-refractivity contribution in [3.63, 3.8) is 0 Å². The van der Waals surface area contributed by atoms with Crippen molar-refractivity contribution in [2.24, 2.45) is 0 Å². The fraction of sp³-hybridized carbons (Fsp3) is 0.538. The van der Waals surface area contributed by atoms with E-state index >= 15 is 0 Å². The van der Waals surface area contributed by atoms with E-state index in [2.05, 4.69) is 4.98 Å². The van der Waals surface area contributed by atoms with Gasteiger partial charge in [-0.1, -0.05) is 12.5 Å². The summed E-state index contributed by atoms with van der Waals surface area (Å²) in [7, 11) is 0. The van der Waals surface area contributed by atoms with Crippen molar-refractivity contribution in [1.29, 1.82) is 0 Å². The Hall–Kier alpha value is -1.58. The van der Waals surface area contributed by atoms with Crippen LogP contribution in [0.15, 0.2) is 24.4 Å². The highest BCUT2D eigenvalue weighted by Crippen LogP contribution is 2.19. The fourth-order valence-electron chi connectivity index (χ4n) is 2.11. The van der Waals surface area contributed by atoms with Crippen molar-refractivity contribution < 1.29 is 9.48 Å². The molecule has 1 heterocycles. The summed E-state index contributed by atoms with van der Waals surface area (Å²) in [5.74, 6) is 0.556. The van der Waals surface area contributed by atoms with Crippen molar-refractivity contribution in [3.05, 3.63) is 29.6 Å². The van der Waals surface area contributed by atoms with Gasteiger partial charge >= 0.3 is 0 Å². The van der Waals surface area contributed by atoms with Crippen LogP contribution in [0.1, 0.15) is 32.1 Å². The van der Waals surface area contributed by atoms with E-state index in [4.69, 9.17) is 4.74 Å². The second-order valence-corrected chi connectivity index (χ2v) is 4.31. The molecule has 0 spiro atoms. The number of hydrogen-bond acceptors (Lipinski definition) is 3. The lowest BCUT2D eigenvalue weighted by Gasteiger charge is -2.20. The zero-order valence-corrected chi connectivity index (χ0v) is 9.92. The first-order valence-corrected chi connectivity index (χ1v) is 6.19. The van der Waals surface area contributed by atoms with E-state index < -0.39 is 0 Å².